The van der Waals surface area contributed by atoms with Gasteiger partial charge in [-0.15, -0.1) is 0 Å². The van der Waals surface area contributed by atoms with Gasteiger partial charge in [-0.05, 0) is 59.2 Å². The quantitative estimate of drug-likeness (QED) is 0.520. The van der Waals surface area contributed by atoms with Crippen LogP contribution in [-0.2, 0) is 4.74 Å². The van der Waals surface area contributed by atoms with Crippen LogP contribution in [0.4, 0.5) is 11.4 Å². The van der Waals surface area contributed by atoms with Crippen molar-refractivity contribution < 1.29 is 4.74 Å². The van der Waals surface area contributed by atoms with Gasteiger partial charge in [0.05, 0.1) is 0 Å². The Morgan fingerprint density at radius 1 is 0.938 bits per heavy atom. The minimum absolute atomic E-state index is 0.0583. The molecule has 0 fully saturated rings. The van der Waals surface area contributed by atoms with Crippen molar-refractivity contribution in [1.82, 2.24) is 0 Å². The van der Waals surface area contributed by atoms with Gasteiger partial charge in [0.25, 0.3) is 0 Å². The molecule has 0 saturated carbocycles. The van der Waals surface area contributed by atoms with Crippen LogP contribution in [0.5, 0.6) is 0 Å². The van der Waals surface area contributed by atoms with Crippen LogP contribution in [-0.4, -0.2) is 31.8 Å². The first-order valence-electron chi connectivity index (χ1n) is 11.0. The Morgan fingerprint density at radius 2 is 1.53 bits per heavy atom. The van der Waals surface area contributed by atoms with Gasteiger partial charge >= 0.3 is 0 Å². The van der Waals surface area contributed by atoms with Crippen molar-refractivity contribution in [1.29, 1.82) is 15.8 Å². The number of hydrogen-bond donors (Lipinski definition) is 0. The zero-order chi connectivity index (χ0) is 23.9. The number of benzene rings is 1. The van der Waals surface area contributed by atoms with E-state index in [2.05, 4.69) is 61.8 Å². The first kappa shape index (κ1) is 24.6. The number of ether oxygens (including phenoxy) is 1. The monoisotopic (exact) mass is 429 g/mol. The second kappa shape index (κ2) is 10.6. The predicted molar refractivity (Wildman–Crippen MR) is 129 cm³/mol. The minimum Gasteiger partial charge on any atom is -0.480 e. The SMILES string of the molecule is CCN(CC)c1ccc(/C=C/C2=C(C#N)C(=C(C#N)C#N)OC2(C)C)c(N(CC)CC)c1. The molecule has 1 aliphatic heterocycles. The fourth-order valence-electron chi connectivity index (χ4n) is 3.95. The number of nitrogens with zero attached hydrogens (tertiary/aromatic N) is 5. The molecule has 2 rings (SSSR count). The van der Waals surface area contributed by atoms with Gasteiger partial charge in [-0.25, -0.2) is 0 Å². The molecule has 166 valence electrons. The summed E-state index contributed by atoms with van der Waals surface area (Å²) in [6.07, 6.45) is 3.86. The predicted octanol–water partition coefficient (Wildman–Crippen LogP) is 5.32. The van der Waals surface area contributed by atoms with Crippen LogP contribution >= 0.6 is 0 Å². The van der Waals surface area contributed by atoms with Crippen molar-refractivity contribution in [2.24, 2.45) is 0 Å². The Bertz CT molecular complexity index is 1050. The van der Waals surface area contributed by atoms with Crippen molar-refractivity contribution in [2.45, 2.75) is 47.1 Å². The lowest BCUT2D eigenvalue weighted by Crippen LogP contribution is -2.25. The molecule has 0 atom stereocenters. The highest BCUT2D eigenvalue weighted by molar-refractivity contribution is 5.75. The van der Waals surface area contributed by atoms with E-state index in [0.717, 1.165) is 37.4 Å². The van der Waals surface area contributed by atoms with Crippen molar-refractivity contribution in [3.63, 3.8) is 0 Å². The zero-order valence-corrected chi connectivity index (χ0v) is 19.9. The maximum Gasteiger partial charge on any atom is 0.172 e. The Balaban J connectivity index is 2.64. The number of nitriles is 3. The number of rotatable bonds is 8. The van der Waals surface area contributed by atoms with Gasteiger partial charge < -0.3 is 14.5 Å². The van der Waals surface area contributed by atoms with E-state index >= 15 is 0 Å². The molecule has 0 spiro atoms. The minimum atomic E-state index is -0.827. The first-order valence-corrected chi connectivity index (χ1v) is 11.0. The van der Waals surface area contributed by atoms with E-state index in [4.69, 9.17) is 4.74 Å². The molecule has 6 nitrogen and oxygen atoms in total. The molecule has 1 heterocycles. The number of allylic oxidation sites excluding steroid dienone is 2. The molecule has 0 saturated heterocycles. The summed E-state index contributed by atoms with van der Waals surface area (Å²) >= 11 is 0. The molecule has 0 bridgehead atoms. The third kappa shape index (κ3) is 4.79. The fraction of sp³-hybridized carbons (Fsp3) is 0.423. The molecule has 0 radical (unpaired) electrons. The van der Waals surface area contributed by atoms with Crippen molar-refractivity contribution >= 4 is 17.5 Å². The summed E-state index contributed by atoms with van der Waals surface area (Å²) in [5.74, 6) is 0.0583. The number of hydrogen-bond acceptors (Lipinski definition) is 6. The molecule has 1 aromatic rings. The van der Waals surface area contributed by atoms with Crippen LogP contribution in [0.2, 0.25) is 0 Å². The van der Waals surface area contributed by atoms with E-state index < -0.39 is 5.60 Å². The molecule has 1 aromatic carbocycles. The average molecular weight is 430 g/mol. The lowest BCUT2D eigenvalue weighted by Gasteiger charge is -2.27. The lowest BCUT2D eigenvalue weighted by atomic mass is 9.94. The molecule has 0 aromatic heterocycles. The van der Waals surface area contributed by atoms with Crippen molar-refractivity contribution in [3.05, 3.63) is 52.3 Å². The molecule has 0 unspecified atom stereocenters. The summed E-state index contributed by atoms with van der Waals surface area (Å²) in [5, 5.41) is 28.3. The highest BCUT2D eigenvalue weighted by Crippen LogP contribution is 2.40. The maximum absolute atomic E-state index is 9.76. The number of anilines is 2. The van der Waals surface area contributed by atoms with Gasteiger partial charge in [-0.3, -0.25) is 0 Å². The lowest BCUT2D eigenvalue weighted by molar-refractivity contribution is 0.0954. The summed E-state index contributed by atoms with van der Waals surface area (Å²) in [6, 6.07) is 12.2. The Hall–Kier alpha value is -3.69. The van der Waals surface area contributed by atoms with Crippen molar-refractivity contribution in [2.75, 3.05) is 36.0 Å². The molecular formula is C26H31N5O. The zero-order valence-electron chi connectivity index (χ0n) is 19.9. The highest BCUT2D eigenvalue weighted by atomic mass is 16.5. The molecule has 0 N–H and O–H groups in total. The normalized spacial score (nSPS) is 14.5. The Labute approximate surface area is 191 Å². The van der Waals surface area contributed by atoms with Crippen LogP contribution < -0.4 is 9.80 Å². The maximum atomic E-state index is 9.76. The third-order valence-corrected chi connectivity index (χ3v) is 5.74. The van der Waals surface area contributed by atoms with E-state index in [1.165, 1.54) is 5.69 Å². The second-order valence-corrected chi connectivity index (χ2v) is 7.86. The highest BCUT2D eigenvalue weighted by Gasteiger charge is 2.38. The van der Waals surface area contributed by atoms with Crippen LogP contribution in [0.25, 0.3) is 6.08 Å². The summed E-state index contributed by atoms with van der Waals surface area (Å²) in [7, 11) is 0. The van der Waals surface area contributed by atoms with Gasteiger partial charge in [0.15, 0.2) is 11.3 Å². The van der Waals surface area contributed by atoms with Crippen LogP contribution in [0.1, 0.15) is 47.1 Å². The molecule has 32 heavy (non-hydrogen) atoms. The van der Waals surface area contributed by atoms with E-state index in [1.54, 1.807) is 0 Å². The second-order valence-electron chi connectivity index (χ2n) is 7.86. The first-order chi connectivity index (χ1) is 15.3. The Morgan fingerprint density at radius 3 is 2.03 bits per heavy atom. The van der Waals surface area contributed by atoms with Crippen molar-refractivity contribution in [3.8, 4) is 18.2 Å². The summed E-state index contributed by atoms with van der Waals surface area (Å²) in [6.45, 7) is 15.8. The Kier molecular flexibility index (Phi) is 8.11. The third-order valence-electron chi connectivity index (χ3n) is 5.74. The van der Waals surface area contributed by atoms with E-state index in [9.17, 15) is 15.8 Å². The van der Waals surface area contributed by atoms with Gasteiger partial charge in [-0.1, -0.05) is 18.2 Å². The van der Waals surface area contributed by atoms with E-state index in [1.807, 2.05) is 38.1 Å². The molecule has 0 amide bonds. The largest absolute Gasteiger partial charge is 0.480 e. The molecule has 6 heteroatoms. The smallest absolute Gasteiger partial charge is 0.172 e. The standard InChI is InChI=1S/C26H31N5O/c1-7-30(8-2)21-13-11-19(24(15-21)31(9-3)10-4)12-14-23-22(18-29)25(20(16-27)17-28)32-26(23,5)6/h11-15H,7-10H2,1-6H3/b14-12+. The molecule has 1 aliphatic rings. The summed E-state index contributed by atoms with van der Waals surface area (Å²) in [4.78, 5) is 4.62. The van der Waals surface area contributed by atoms with Crippen LogP contribution in [0.3, 0.4) is 0 Å². The topological polar surface area (TPSA) is 87.1 Å². The van der Waals surface area contributed by atoms with Crippen LogP contribution in [0.15, 0.2) is 46.8 Å². The van der Waals surface area contributed by atoms with E-state index in [0.29, 0.717) is 5.57 Å². The summed E-state index contributed by atoms with van der Waals surface area (Å²) in [5.41, 5.74) is 3.19. The van der Waals surface area contributed by atoms with E-state index in [-0.39, 0.29) is 16.9 Å². The average Bonchev–Trinajstić information content (AvgIpc) is 3.05. The summed E-state index contributed by atoms with van der Waals surface area (Å²) < 4.78 is 5.87. The molecular weight excluding hydrogens is 398 g/mol. The van der Waals surface area contributed by atoms with Gasteiger partial charge in [0.2, 0.25) is 0 Å². The fourth-order valence-corrected chi connectivity index (χ4v) is 3.95. The van der Waals surface area contributed by atoms with Crippen LogP contribution in [0, 0.1) is 34.0 Å². The van der Waals surface area contributed by atoms with Gasteiger partial charge in [-0.2, -0.15) is 15.8 Å². The van der Waals surface area contributed by atoms with Gasteiger partial charge in [0.1, 0.15) is 29.4 Å². The van der Waals surface area contributed by atoms with Gasteiger partial charge in [0, 0.05) is 43.1 Å². The molecule has 0 aliphatic carbocycles.